The highest BCUT2D eigenvalue weighted by Gasteiger charge is 2.52. The average Bonchev–Trinajstić information content (AvgIpc) is 2.89. The van der Waals surface area contributed by atoms with Gasteiger partial charge in [0.25, 0.3) is 0 Å². The molecule has 4 rings (SSSR count). The zero-order valence-corrected chi connectivity index (χ0v) is 13.9. The largest absolute Gasteiger partial charge is 0.459 e. The first-order chi connectivity index (χ1) is 11.2. The molecule has 2 aromatic heterocycles. The number of hydrogen-bond acceptors (Lipinski definition) is 5. The fourth-order valence-corrected chi connectivity index (χ4v) is 4.28. The second kappa shape index (κ2) is 5.65. The van der Waals surface area contributed by atoms with Crippen molar-refractivity contribution in [3.63, 3.8) is 0 Å². The zero-order chi connectivity index (χ0) is 16.0. The second-order valence-electron chi connectivity index (χ2n) is 7.11. The standard InChI is InChI=1S/C17H25N5O/c1-3-5-10(2)23-17-20-15(18)16-19-9-11(22(16)21-17)8-14-12-6-4-7-13(12)14/h9-10,12-14H,3-8H2,1-2H3,(H2,18,20,21)/t10-,12?,13?,14?/m0/s1. The molecule has 0 radical (unpaired) electrons. The number of nitrogens with two attached hydrogens (primary N) is 1. The zero-order valence-electron chi connectivity index (χ0n) is 13.9. The van der Waals surface area contributed by atoms with Crippen molar-refractivity contribution in [1.82, 2.24) is 19.6 Å². The third-order valence-corrected chi connectivity index (χ3v) is 5.47. The van der Waals surface area contributed by atoms with Gasteiger partial charge in [-0.15, -0.1) is 5.10 Å². The maximum Gasteiger partial charge on any atom is 0.336 e. The van der Waals surface area contributed by atoms with Crippen LogP contribution in [0.1, 0.15) is 51.6 Å². The van der Waals surface area contributed by atoms with Crippen molar-refractivity contribution in [3.05, 3.63) is 11.9 Å². The Bertz CT molecular complexity index is 702. The average molecular weight is 315 g/mol. The Morgan fingerprint density at radius 3 is 2.91 bits per heavy atom. The molecular formula is C17H25N5O. The molecule has 2 unspecified atom stereocenters. The Balaban J connectivity index is 1.57. The molecule has 0 saturated heterocycles. The van der Waals surface area contributed by atoms with Crippen LogP contribution in [-0.2, 0) is 6.42 Å². The monoisotopic (exact) mass is 315 g/mol. The van der Waals surface area contributed by atoms with Gasteiger partial charge in [-0.3, -0.25) is 0 Å². The van der Waals surface area contributed by atoms with Crippen molar-refractivity contribution in [2.75, 3.05) is 5.73 Å². The van der Waals surface area contributed by atoms with Gasteiger partial charge in [0.15, 0.2) is 11.5 Å². The van der Waals surface area contributed by atoms with Crippen LogP contribution in [0, 0.1) is 17.8 Å². The van der Waals surface area contributed by atoms with E-state index in [9.17, 15) is 0 Å². The molecule has 0 spiro atoms. The molecule has 2 N–H and O–H groups in total. The number of aromatic nitrogens is 4. The summed E-state index contributed by atoms with van der Waals surface area (Å²) >= 11 is 0. The molecule has 0 amide bonds. The van der Waals surface area contributed by atoms with Gasteiger partial charge >= 0.3 is 6.01 Å². The number of nitrogens with zero attached hydrogens (tertiary/aromatic N) is 4. The van der Waals surface area contributed by atoms with Gasteiger partial charge in [-0.25, -0.2) is 9.50 Å². The number of nitrogen functional groups attached to an aromatic ring is 1. The number of imidazole rings is 1. The van der Waals surface area contributed by atoms with Gasteiger partial charge in [-0.2, -0.15) is 4.98 Å². The van der Waals surface area contributed by atoms with E-state index in [-0.39, 0.29) is 6.10 Å². The van der Waals surface area contributed by atoms with E-state index in [0.29, 0.717) is 17.5 Å². The molecule has 2 aliphatic rings. The van der Waals surface area contributed by atoms with Crippen molar-refractivity contribution in [1.29, 1.82) is 0 Å². The SMILES string of the molecule is CCC[C@H](C)Oc1nc(N)c2ncc(CC3C4CCCC43)n2n1. The first-order valence-corrected chi connectivity index (χ1v) is 8.84. The lowest BCUT2D eigenvalue weighted by atomic mass is 10.1. The van der Waals surface area contributed by atoms with Crippen LogP contribution in [0.2, 0.25) is 0 Å². The third-order valence-electron chi connectivity index (χ3n) is 5.47. The van der Waals surface area contributed by atoms with Crippen LogP contribution < -0.4 is 10.5 Å². The third kappa shape index (κ3) is 2.64. The molecule has 0 aliphatic heterocycles. The summed E-state index contributed by atoms with van der Waals surface area (Å²) in [6.07, 6.45) is 9.26. The van der Waals surface area contributed by atoms with Gasteiger partial charge in [-0.1, -0.05) is 19.8 Å². The summed E-state index contributed by atoms with van der Waals surface area (Å²) < 4.78 is 7.65. The van der Waals surface area contributed by atoms with Crippen molar-refractivity contribution in [2.24, 2.45) is 17.8 Å². The number of fused-ring (bicyclic) bond motifs is 2. The van der Waals surface area contributed by atoms with Crippen LogP contribution in [0.5, 0.6) is 6.01 Å². The van der Waals surface area contributed by atoms with E-state index >= 15 is 0 Å². The Morgan fingerprint density at radius 2 is 2.17 bits per heavy atom. The summed E-state index contributed by atoms with van der Waals surface area (Å²) in [6, 6.07) is 0.353. The van der Waals surface area contributed by atoms with Gasteiger partial charge in [-0.05, 0) is 50.4 Å². The first-order valence-electron chi connectivity index (χ1n) is 8.84. The van der Waals surface area contributed by atoms with E-state index in [1.807, 2.05) is 17.6 Å². The van der Waals surface area contributed by atoms with Crippen molar-refractivity contribution >= 4 is 11.5 Å². The number of rotatable bonds is 6. The van der Waals surface area contributed by atoms with Gasteiger partial charge in [0, 0.05) is 0 Å². The minimum atomic E-state index is 0.0895. The van der Waals surface area contributed by atoms with Crippen molar-refractivity contribution < 1.29 is 4.74 Å². The molecule has 2 heterocycles. The Kier molecular flexibility index (Phi) is 3.62. The lowest BCUT2D eigenvalue weighted by Gasteiger charge is -2.12. The van der Waals surface area contributed by atoms with Gasteiger partial charge in [0.2, 0.25) is 0 Å². The molecule has 0 bridgehead atoms. The van der Waals surface area contributed by atoms with E-state index in [2.05, 4.69) is 22.0 Å². The molecule has 2 aliphatic carbocycles. The van der Waals surface area contributed by atoms with Gasteiger partial charge < -0.3 is 10.5 Å². The first kappa shape index (κ1) is 14.7. The molecule has 3 atom stereocenters. The lowest BCUT2D eigenvalue weighted by Crippen LogP contribution is -2.15. The van der Waals surface area contributed by atoms with E-state index in [1.165, 1.54) is 19.3 Å². The Labute approximate surface area is 136 Å². The predicted molar refractivity (Wildman–Crippen MR) is 88.2 cm³/mol. The fraction of sp³-hybridized carbons (Fsp3) is 0.706. The fourth-order valence-electron chi connectivity index (χ4n) is 4.28. The molecule has 124 valence electrons. The van der Waals surface area contributed by atoms with Crippen LogP contribution >= 0.6 is 0 Å². The smallest absolute Gasteiger partial charge is 0.336 e. The summed E-state index contributed by atoms with van der Waals surface area (Å²) in [5.74, 6) is 3.06. The van der Waals surface area contributed by atoms with Crippen molar-refractivity contribution in [2.45, 2.75) is 58.5 Å². The Morgan fingerprint density at radius 1 is 1.39 bits per heavy atom. The summed E-state index contributed by atoms with van der Waals surface area (Å²) in [5, 5.41) is 4.53. The normalized spacial score (nSPS) is 27.1. The number of ether oxygens (including phenoxy) is 1. The minimum Gasteiger partial charge on any atom is -0.459 e. The molecular weight excluding hydrogens is 290 g/mol. The summed E-state index contributed by atoms with van der Waals surface area (Å²) in [6.45, 7) is 4.17. The van der Waals surface area contributed by atoms with E-state index < -0.39 is 0 Å². The van der Waals surface area contributed by atoms with Gasteiger partial charge in [0.1, 0.15) is 0 Å². The highest BCUT2D eigenvalue weighted by Crippen LogP contribution is 2.58. The van der Waals surface area contributed by atoms with Crippen molar-refractivity contribution in [3.8, 4) is 6.01 Å². The molecule has 2 saturated carbocycles. The predicted octanol–water partition coefficient (Wildman–Crippen LogP) is 2.86. The molecule has 2 aromatic rings. The Hall–Kier alpha value is -1.85. The van der Waals surface area contributed by atoms with Crippen LogP contribution in [-0.4, -0.2) is 25.7 Å². The molecule has 23 heavy (non-hydrogen) atoms. The second-order valence-corrected chi connectivity index (χ2v) is 7.11. The summed E-state index contributed by atoms with van der Waals surface area (Å²) in [5.41, 5.74) is 7.81. The topological polar surface area (TPSA) is 78.3 Å². The van der Waals surface area contributed by atoms with Crippen LogP contribution in [0.4, 0.5) is 5.82 Å². The highest BCUT2D eigenvalue weighted by atomic mass is 16.5. The number of anilines is 1. The van der Waals surface area contributed by atoms with Gasteiger partial charge in [0.05, 0.1) is 18.0 Å². The quantitative estimate of drug-likeness (QED) is 0.887. The van der Waals surface area contributed by atoms with Crippen LogP contribution in [0.15, 0.2) is 6.20 Å². The maximum absolute atomic E-state index is 6.04. The number of hydrogen-bond donors (Lipinski definition) is 1. The lowest BCUT2D eigenvalue weighted by molar-refractivity contribution is 0.189. The van der Waals surface area contributed by atoms with E-state index in [0.717, 1.165) is 42.7 Å². The summed E-state index contributed by atoms with van der Waals surface area (Å²) in [7, 11) is 0. The molecule has 2 fully saturated rings. The summed E-state index contributed by atoms with van der Waals surface area (Å²) in [4.78, 5) is 8.66. The molecule has 0 aromatic carbocycles. The molecule has 6 heteroatoms. The highest BCUT2D eigenvalue weighted by molar-refractivity contribution is 5.59. The maximum atomic E-state index is 6.04. The van der Waals surface area contributed by atoms with E-state index in [4.69, 9.17) is 10.5 Å². The van der Waals surface area contributed by atoms with E-state index in [1.54, 1.807) is 0 Å². The van der Waals surface area contributed by atoms with Crippen LogP contribution in [0.25, 0.3) is 5.65 Å². The molecule has 6 nitrogen and oxygen atoms in total. The minimum absolute atomic E-state index is 0.0895. The van der Waals surface area contributed by atoms with Crippen LogP contribution in [0.3, 0.4) is 0 Å².